The third-order valence-corrected chi connectivity index (χ3v) is 5.06. The topological polar surface area (TPSA) is 77.4 Å². The number of aromatic nitrogens is 1. The summed E-state index contributed by atoms with van der Waals surface area (Å²) in [7, 11) is -2.05. The second-order valence-corrected chi connectivity index (χ2v) is 7.64. The van der Waals surface area contributed by atoms with Crippen molar-refractivity contribution in [1.82, 2.24) is 9.29 Å². The van der Waals surface area contributed by atoms with Crippen molar-refractivity contribution in [2.75, 3.05) is 6.61 Å². The van der Waals surface area contributed by atoms with Crippen LogP contribution in [0.3, 0.4) is 0 Å². The average molecular weight is 316 g/mol. The van der Waals surface area contributed by atoms with Gasteiger partial charge in [-0.2, -0.15) is 0 Å². The van der Waals surface area contributed by atoms with Crippen LogP contribution in [0.25, 0.3) is 0 Å². The Morgan fingerprint density at radius 1 is 1.29 bits per heavy atom. The minimum atomic E-state index is -3.71. The maximum Gasteiger partial charge on any atom is 0.355 e. The van der Waals surface area contributed by atoms with Crippen molar-refractivity contribution >= 4 is 16.0 Å². The molecule has 0 atom stereocenters. The van der Waals surface area contributed by atoms with Gasteiger partial charge in [0.05, 0.1) is 6.61 Å². The molecule has 0 saturated heterocycles. The zero-order valence-corrected chi connectivity index (χ0v) is 14.5. The minimum Gasteiger partial charge on any atom is -0.461 e. The molecule has 7 heteroatoms. The van der Waals surface area contributed by atoms with E-state index in [0.29, 0.717) is 11.3 Å². The average Bonchev–Trinajstić information content (AvgIpc) is 2.47. The van der Waals surface area contributed by atoms with Crippen molar-refractivity contribution in [2.24, 2.45) is 7.05 Å². The highest BCUT2D eigenvalue weighted by Gasteiger charge is 2.31. The van der Waals surface area contributed by atoms with Gasteiger partial charge in [-0.3, -0.25) is 0 Å². The van der Waals surface area contributed by atoms with Gasteiger partial charge in [-0.05, 0) is 41.5 Å². The molecular formula is C14H24N2O4S. The van der Waals surface area contributed by atoms with Crippen molar-refractivity contribution < 1.29 is 17.9 Å². The number of carbonyl (C=O) groups excluding carboxylic acids is 1. The van der Waals surface area contributed by atoms with Gasteiger partial charge in [-0.15, -0.1) is 0 Å². The van der Waals surface area contributed by atoms with Crippen LogP contribution in [0.4, 0.5) is 0 Å². The van der Waals surface area contributed by atoms with Crippen LogP contribution in [0, 0.1) is 13.8 Å². The summed E-state index contributed by atoms with van der Waals surface area (Å²) in [5.74, 6) is -0.516. The Balaban J connectivity index is 3.47. The van der Waals surface area contributed by atoms with E-state index in [1.807, 2.05) is 0 Å². The molecule has 0 aliphatic heterocycles. The van der Waals surface area contributed by atoms with Crippen molar-refractivity contribution in [1.29, 1.82) is 0 Å². The van der Waals surface area contributed by atoms with Crippen LogP contribution in [0.5, 0.6) is 0 Å². The van der Waals surface area contributed by atoms with Crippen molar-refractivity contribution in [3.63, 3.8) is 0 Å². The molecule has 0 aromatic carbocycles. The highest BCUT2D eigenvalue weighted by Crippen LogP contribution is 2.27. The van der Waals surface area contributed by atoms with E-state index in [-0.39, 0.29) is 17.2 Å². The summed E-state index contributed by atoms with van der Waals surface area (Å²) in [6, 6.07) is 0. The van der Waals surface area contributed by atoms with Gasteiger partial charge >= 0.3 is 5.97 Å². The lowest BCUT2D eigenvalue weighted by molar-refractivity contribution is 0.0514. The van der Waals surface area contributed by atoms with Crippen LogP contribution < -0.4 is 4.72 Å². The SMILES string of the molecule is CCOC(=O)c1c(C)c(S(=O)(=O)NC(C)(C)C)c(C)n1C. The first-order valence-corrected chi connectivity index (χ1v) is 8.27. The molecule has 0 bridgehead atoms. The molecule has 0 unspecified atom stereocenters. The Bertz CT molecular complexity index is 651. The van der Waals surface area contributed by atoms with Gasteiger partial charge in [0, 0.05) is 23.8 Å². The second-order valence-electron chi connectivity index (χ2n) is 6.02. The fraction of sp³-hybridized carbons (Fsp3) is 0.643. The summed E-state index contributed by atoms with van der Waals surface area (Å²) in [6.45, 7) is 10.6. The predicted molar refractivity (Wildman–Crippen MR) is 80.9 cm³/mol. The molecule has 1 aromatic rings. The molecule has 1 aromatic heterocycles. The highest BCUT2D eigenvalue weighted by molar-refractivity contribution is 7.89. The molecule has 120 valence electrons. The Labute approximate surface area is 126 Å². The summed E-state index contributed by atoms with van der Waals surface area (Å²) in [5.41, 5.74) is 0.582. The van der Waals surface area contributed by atoms with Gasteiger partial charge in [-0.25, -0.2) is 17.9 Å². The zero-order chi connectivity index (χ0) is 16.6. The highest BCUT2D eigenvalue weighted by atomic mass is 32.2. The lowest BCUT2D eigenvalue weighted by atomic mass is 10.1. The fourth-order valence-corrected chi connectivity index (χ4v) is 4.22. The molecule has 6 nitrogen and oxygen atoms in total. The molecule has 0 amide bonds. The van der Waals surface area contributed by atoms with E-state index >= 15 is 0 Å². The Kier molecular flexibility index (Phi) is 4.90. The molecule has 1 heterocycles. The third kappa shape index (κ3) is 3.65. The third-order valence-electron chi connectivity index (χ3n) is 3.04. The van der Waals surface area contributed by atoms with E-state index < -0.39 is 21.5 Å². The molecule has 0 spiro atoms. The number of nitrogens with zero attached hydrogens (tertiary/aromatic N) is 1. The smallest absolute Gasteiger partial charge is 0.355 e. The van der Waals surface area contributed by atoms with Crippen molar-refractivity contribution in [3.05, 3.63) is 17.0 Å². The molecule has 0 radical (unpaired) electrons. The number of sulfonamides is 1. The molecular weight excluding hydrogens is 292 g/mol. The Morgan fingerprint density at radius 3 is 2.24 bits per heavy atom. The zero-order valence-electron chi connectivity index (χ0n) is 13.7. The fourth-order valence-electron chi connectivity index (χ4n) is 2.29. The second kappa shape index (κ2) is 5.81. The Morgan fingerprint density at radius 2 is 1.81 bits per heavy atom. The molecule has 21 heavy (non-hydrogen) atoms. The largest absolute Gasteiger partial charge is 0.461 e. The van der Waals surface area contributed by atoms with E-state index in [4.69, 9.17) is 4.74 Å². The normalized spacial score (nSPS) is 12.5. The van der Waals surface area contributed by atoms with E-state index in [1.54, 1.807) is 53.2 Å². The standard InChI is InChI=1S/C14H24N2O4S/c1-8-20-13(17)11-9(2)12(10(3)16(11)7)21(18,19)15-14(4,5)6/h15H,8H2,1-7H3. The van der Waals surface area contributed by atoms with Crippen LogP contribution in [0.15, 0.2) is 4.90 Å². The van der Waals surface area contributed by atoms with E-state index in [2.05, 4.69) is 4.72 Å². The number of nitrogens with one attached hydrogen (secondary N) is 1. The van der Waals surface area contributed by atoms with Crippen LogP contribution >= 0.6 is 0 Å². The molecule has 0 aliphatic rings. The monoisotopic (exact) mass is 316 g/mol. The summed E-state index contributed by atoms with van der Waals surface area (Å²) < 4.78 is 34.3. The summed E-state index contributed by atoms with van der Waals surface area (Å²) in [6.07, 6.45) is 0. The summed E-state index contributed by atoms with van der Waals surface area (Å²) >= 11 is 0. The van der Waals surface area contributed by atoms with E-state index in [9.17, 15) is 13.2 Å². The number of esters is 1. The number of rotatable bonds is 4. The van der Waals surface area contributed by atoms with Gasteiger partial charge in [0.25, 0.3) is 0 Å². The molecule has 1 rings (SSSR count). The van der Waals surface area contributed by atoms with Crippen LogP contribution in [0.1, 0.15) is 49.4 Å². The van der Waals surface area contributed by atoms with Gasteiger partial charge in [0.2, 0.25) is 10.0 Å². The first-order chi connectivity index (χ1) is 9.42. The summed E-state index contributed by atoms with van der Waals surface area (Å²) in [4.78, 5) is 12.1. The van der Waals surface area contributed by atoms with Crippen molar-refractivity contribution in [2.45, 2.75) is 52.0 Å². The van der Waals surface area contributed by atoms with Gasteiger partial charge in [0.15, 0.2) is 0 Å². The van der Waals surface area contributed by atoms with Crippen molar-refractivity contribution in [3.8, 4) is 0 Å². The van der Waals surface area contributed by atoms with Gasteiger partial charge < -0.3 is 9.30 Å². The predicted octanol–water partition coefficient (Wildman–Crippen LogP) is 1.90. The van der Waals surface area contributed by atoms with Crippen LogP contribution in [-0.4, -0.2) is 31.1 Å². The quantitative estimate of drug-likeness (QED) is 0.861. The lowest BCUT2D eigenvalue weighted by Gasteiger charge is -2.20. The maximum absolute atomic E-state index is 12.6. The van der Waals surface area contributed by atoms with Gasteiger partial charge in [0.1, 0.15) is 10.6 Å². The maximum atomic E-state index is 12.6. The number of hydrogen-bond donors (Lipinski definition) is 1. The molecule has 0 fully saturated rings. The number of carbonyl (C=O) groups is 1. The van der Waals surface area contributed by atoms with E-state index in [1.165, 1.54) is 0 Å². The Hall–Kier alpha value is -1.34. The van der Waals surface area contributed by atoms with E-state index in [0.717, 1.165) is 0 Å². The molecule has 1 N–H and O–H groups in total. The number of ether oxygens (including phenoxy) is 1. The van der Waals surface area contributed by atoms with Crippen LogP contribution in [0.2, 0.25) is 0 Å². The number of hydrogen-bond acceptors (Lipinski definition) is 4. The lowest BCUT2D eigenvalue weighted by Crippen LogP contribution is -2.40. The first kappa shape index (κ1) is 17.7. The summed E-state index contributed by atoms with van der Waals surface area (Å²) in [5, 5.41) is 0. The minimum absolute atomic E-state index is 0.142. The van der Waals surface area contributed by atoms with Crippen LogP contribution in [-0.2, 0) is 21.8 Å². The molecule has 0 aliphatic carbocycles. The molecule has 0 saturated carbocycles. The van der Waals surface area contributed by atoms with Gasteiger partial charge in [-0.1, -0.05) is 0 Å². The first-order valence-electron chi connectivity index (χ1n) is 6.79.